The molecule has 1 amide bonds. The van der Waals surface area contributed by atoms with E-state index >= 15 is 0 Å². The number of amides is 1. The Bertz CT molecular complexity index is 459. The Kier molecular flexibility index (Phi) is 6.07. The Labute approximate surface area is 124 Å². The molecule has 0 aliphatic rings. The van der Waals surface area contributed by atoms with Gasteiger partial charge in [0.1, 0.15) is 6.04 Å². The maximum Gasteiger partial charge on any atom is 0.327 e. The first kappa shape index (κ1) is 16.6. The number of nitrogens with one attached hydrogen (secondary N) is 1. The van der Waals surface area contributed by atoms with Crippen LogP contribution < -0.4 is 5.32 Å². The van der Waals surface area contributed by atoms with Crippen LogP contribution in [-0.4, -0.2) is 27.8 Å². The summed E-state index contributed by atoms with van der Waals surface area (Å²) in [7, 11) is 0. The second-order valence-electron chi connectivity index (χ2n) is 5.07. The highest BCUT2D eigenvalue weighted by molar-refractivity contribution is 7.99. The standard InChI is InChI=1S/C15H21NO3S/c1-4-12(17)16-13(14(18)19)15(2,3)20-10-11-8-6-5-7-9-11/h5-9,13H,4,10H2,1-3H3,(H,16,17)(H,18,19)/t13-/m1/s1. The molecule has 0 aliphatic carbocycles. The molecule has 0 aliphatic heterocycles. The first-order valence-corrected chi connectivity index (χ1v) is 7.55. The van der Waals surface area contributed by atoms with Crippen molar-refractivity contribution in [2.75, 3.05) is 0 Å². The van der Waals surface area contributed by atoms with Gasteiger partial charge in [0.25, 0.3) is 0 Å². The largest absolute Gasteiger partial charge is 0.480 e. The van der Waals surface area contributed by atoms with Crippen LogP contribution in [0.4, 0.5) is 0 Å². The number of thioether (sulfide) groups is 1. The number of carbonyl (C=O) groups is 2. The molecule has 0 saturated heterocycles. The van der Waals surface area contributed by atoms with Crippen molar-refractivity contribution < 1.29 is 14.7 Å². The normalized spacial score (nSPS) is 12.8. The van der Waals surface area contributed by atoms with E-state index in [-0.39, 0.29) is 12.3 Å². The third-order valence-corrected chi connectivity index (χ3v) is 4.48. The summed E-state index contributed by atoms with van der Waals surface area (Å²) in [5, 5.41) is 11.9. The van der Waals surface area contributed by atoms with Crippen molar-refractivity contribution in [1.82, 2.24) is 5.32 Å². The van der Waals surface area contributed by atoms with Crippen LogP contribution in [0.15, 0.2) is 30.3 Å². The van der Waals surface area contributed by atoms with Gasteiger partial charge in [-0.05, 0) is 19.4 Å². The van der Waals surface area contributed by atoms with E-state index in [9.17, 15) is 14.7 Å². The molecule has 1 aromatic carbocycles. The molecule has 0 aromatic heterocycles. The molecule has 110 valence electrons. The van der Waals surface area contributed by atoms with E-state index in [1.54, 1.807) is 6.92 Å². The monoisotopic (exact) mass is 295 g/mol. The van der Waals surface area contributed by atoms with Gasteiger partial charge < -0.3 is 10.4 Å². The molecule has 2 N–H and O–H groups in total. The fourth-order valence-electron chi connectivity index (χ4n) is 1.72. The lowest BCUT2D eigenvalue weighted by atomic mass is 10.0. The molecule has 1 aromatic rings. The van der Waals surface area contributed by atoms with Crippen LogP contribution in [0.5, 0.6) is 0 Å². The SMILES string of the molecule is CCC(=O)N[C@H](C(=O)O)C(C)(C)SCc1ccccc1. The van der Waals surface area contributed by atoms with Crippen LogP contribution in [0.25, 0.3) is 0 Å². The van der Waals surface area contributed by atoms with Crippen molar-refractivity contribution in [3.63, 3.8) is 0 Å². The van der Waals surface area contributed by atoms with E-state index in [1.807, 2.05) is 44.2 Å². The zero-order valence-electron chi connectivity index (χ0n) is 12.1. The van der Waals surface area contributed by atoms with Crippen molar-refractivity contribution in [3.05, 3.63) is 35.9 Å². The first-order valence-electron chi connectivity index (χ1n) is 6.57. The quantitative estimate of drug-likeness (QED) is 0.811. The average Bonchev–Trinajstić information content (AvgIpc) is 2.43. The molecular weight excluding hydrogens is 274 g/mol. The van der Waals surface area contributed by atoms with Gasteiger partial charge in [0.05, 0.1) is 0 Å². The van der Waals surface area contributed by atoms with Crippen LogP contribution in [-0.2, 0) is 15.3 Å². The lowest BCUT2D eigenvalue weighted by Crippen LogP contribution is -2.52. The first-order chi connectivity index (χ1) is 9.36. The number of benzene rings is 1. The van der Waals surface area contributed by atoms with E-state index in [0.29, 0.717) is 5.75 Å². The number of carbonyl (C=O) groups excluding carboxylic acids is 1. The van der Waals surface area contributed by atoms with Crippen molar-refractivity contribution in [1.29, 1.82) is 0 Å². The lowest BCUT2D eigenvalue weighted by molar-refractivity contribution is -0.142. The smallest absolute Gasteiger partial charge is 0.327 e. The van der Waals surface area contributed by atoms with Crippen LogP contribution in [0, 0.1) is 0 Å². The Morgan fingerprint density at radius 2 is 1.90 bits per heavy atom. The van der Waals surface area contributed by atoms with E-state index in [0.717, 1.165) is 5.56 Å². The molecule has 1 rings (SSSR count). The number of rotatable bonds is 7. The highest BCUT2D eigenvalue weighted by Gasteiger charge is 2.36. The van der Waals surface area contributed by atoms with Crippen LogP contribution in [0.1, 0.15) is 32.8 Å². The molecule has 0 bridgehead atoms. The third kappa shape index (κ3) is 4.89. The molecular formula is C15H21NO3S. The molecule has 0 saturated carbocycles. The Balaban J connectivity index is 2.72. The maximum absolute atomic E-state index is 11.5. The summed E-state index contributed by atoms with van der Waals surface area (Å²) in [6, 6.07) is 8.96. The molecule has 0 radical (unpaired) electrons. The van der Waals surface area contributed by atoms with E-state index < -0.39 is 16.8 Å². The summed E-state index contributed by atoms with van der Waals surface area (Å²) in [6.07, 6.45) is 0.281. The Morgan fingerprint density at radius 3 is 2.40 bits per heavy atom. The maximum atomic E-state index is 11.5. The van der Waals surface area contributed by atoms with Gasteiger partial charge in [0.15, 0.2) is 0 Å². The van der Waals surface area contributed by atoms with Gasteiger partial charge in [-0.3, -0.25) is 4.79 Å². The minimum Gasteiger partial charge on any atom is -0.480 e. The van der Waals surface area contributed by atoms with E-state index in [2.05, 4.69) is 5.32 Å². The summed E-state index contributed by atoms with van der Waals surface area (Å²) in [6.45, 7) is 5.39. The fraction of sp³-hybridized carbons (Fsp3) is 0.467. The summed E-state index contributed by atoms with van der Waals surface area (Å²) < 4.78 is -0.591. The van der Waals surface area contributed by atoms with Crippen LogP contribution >= 0.6 is 11.8 Å². The average molecular weight is 295 g/mol. The third-order valence-electron chi connectivity index (χ3n) is 3.02. The molecule has 0 fully saturated rings. The number of carboxylic acid groups (broad SMARTS) is 1. The summed E-state index contributed by atoms with van der Waals surface area (Å²) in [5.74, 6) is -0.539. The zero-order chi connectivity index (χ0) is 15.2. The number of aliphatic carboxylic acids is 1. The second kappa shape index (κ2) is 7.33. The van der Waals surface area contributed by atoms with Gasteiger partial charge in [-0.2, -0.15) is 0 Å². The van der Waals surface area contributed by atoms with Gasteiger partial charge in [-0.1, -0.05) is 37.3 Å². The predicted octanol–water partition coefficient (Wildman–Crippen LogP) is 2.68. The minimum absolute atomic E-state index is 0.245. The van der Waals surface area contributed by atoms with E-state index in [1.165, 1.54) is 11.8 Å². The summed E-state index contributed by atoms with van der Waals surface area (Å²) in [5.41, 5.74) is 1.14. The highest BCUT2D eigenvalue weighted by Crippen LogP contribution is 2.31. The zero-order valence-corrected chi connectivity index (χ0v) is 12.9. The molecule has 0 heterocycles. The topological polar surface area (TPSA) is 66.4 Å². The fourth-order valence-corrected chi connectivity index (χ4v) is 2.78. The van der Waals surface area contributed by atoms with Gasteiger partial charge in [0, 0.05) is 16.9 Å². The Morgan fingerprint density at radius 1 is 1.30 bits per heavy atom. The van der Waals surface area contributed by atoms with Crippen molar-refractivity contribution >= 4 is 23.6 Å². The number of carboxylic acids is 1. The molecule has 5 heteroatoms. The molecule has 0 spiro atoms. The predicted molar refractivity (Wildman–Crippen MR) is 81.7 cm³/mol. The summed E-state index contributed by atoms with van der Waals surface area (Å²) in [4.78, 5) is 22.8. The van der Waals surface area contributed by atoms with Crippen molar-refractivity contribution in [3.8, 4) is 0 Å². The van der Waals surface area contributed by atoms with Gasteiger partial charge >= 0.3 is 5.97 Å². The number of hydrogen-bond donors (Lipinski definition) is 2. The minimum atomic E-state index is -1.00. The molecule has 0 unspecified atom stereocenters. The highest BCUT2D eigenvalue weighted by atomic mass is 32.2. The Hall–Kier alpha value is -1.49. The van der Waals surface area contributed by atoms with Gasteiger partial charge in [-0.15, -0.1) is 11.8 Å². The lowest BCUT2D eigenvalue weighted by Gasteiger charge is -2.31. The van der Waals surface area contributed by atoms with Gasteiger partial charge in [0.2, 0.25) is 5.91 Å². The van der Waals surface area contributed by atoms with E-state index in [4.69, 9.17) is 0 Å². The number of hydrogen-bond acceptors (Lipinski definition) is 3. The van der Waals surface area contributed by atoms with Crippen LogP contribution in [0.3, 0.4) is 0 Å². The molecule has 20 heavy (non-hydrogen) atoms. The van der Waals surface area contributed by atoms with Crippen molar-refractivity contribution in [2.24, 2.45) is 0 Å². The summed E-state index contributed by atoms with van der Waals surface area (Å²) >= 11 is 1.53. The van der Waals surface area contributed by atoms with Gasteiger partial charge in [-0.25, -0.2) is 4.79 Å². The van der Waals surface area contributed by atoms with Crippen LogP contribution in [0.2, 0.25) is 0 Å². The molecule has 1 atom stereocenters. The molecule has 4 nitrogen and oxygen atoms in total. The van der Waals surface area contributed by atoms with Crippen molar-refractivity contribution in [2.45, 2.75) is 43.7 Å². The second-order valence-corrected chi connectivity index (χ2v) is 6.70.